The fourth-order valence-corrected chi connectivity index (χ4v) is 3.41. The molecule has 3 aromatic rings. The van der Waals surface area contributed by atoms with Crippen LogP contribution < -0.4 is 10.2 Å². The van der Waals surface area contributed by atoms with Crippen LogP contribution in [-0.2, 0) is 6.54 Å². The van der Waals surface area contributed by atoms with Crippen LogP contribution in [0.3, 0.4) is 0 Å². The van der Waals surface area contributed by atoms with E-state index in [9.17, 15) is 9.59 Å². The van der Waals surface area contributed by atoms with E-state index in [0.717, 1.165) is 11.1 Å². The van der Waals surface area contributed by atoms with Gasteiger partial charge in [-0.15, -0.1) is 11.3 Å². The van der Waals surface area contributed by atoms with E-state index in [1.54, 1.807) is 31.3 Å². The maximum Gasteiger partial charge on any atom is 0.268 e. The molecular formula is C21H20N2O2S. The summed E-state index contributed by atoms with van der Waals surface area (Å²) in [5.41, 5.74) is 3.27. The second kappa shape index (κ2) is 7.97. The topological polar surface area (TPSA) is 49.4 Å². The molecule has 2 amide bonds. The summed E-state index contributed by atoms with van der Waals surface area (Å²) in [6, 6.07) is 18.7. The van der Waals surface area contributed by atoms with Gasteiger partial charge in [0.25, 0.3) is 11.8 Å². The van der Waals surface area contributed by atoms with Gasteiger partial charge < -0.3 is 10.2 Å². The molecular weight excluding hydrogens is 344 g/mol. The van der Waals surface area contributed by atoms with Crippen LogP contribution in [0.4, 0.5) is 5.69 Å². The van der Waals surface area contributed by atoms with Gasteiger partial charge in [-0.25, -0.2) is 0 Å². The zero-order valence-electron chi connectivity index (χ0n) is 14.7. The zero-order chi connectivity index (χ0) is 18.5. The van der Waals surface area contributed by atoms with Crippen LogP contribution in [-0.4, -0.2) is 18.9 Å². The van der Waals surface area contributed by atoms with Gasteiger partial charge in [-0.05, 0) is 41.6 Å². The summed E-state index contributed by atoms with van der Waals surface area (Å²) >= 11 is 1.39. The molecule has 26 heavy (non-hydrogen) atoms. The van der Waals surface area contributed by atoms with E-state index in [4.69, 9.17) is 0 Å². The van der Waals surface area contributed by atoms with E-state index in [-0.39, 0.29) is 11.8 Å². The maximum atomic E-state index is 12.7. The highest BCUT2D eigenvalue weighted by molar-refractivity contribution is 7.12. The Labute approximate surface area is 157 Å². The Hall–Kier alpha value is -2.92. The average molecular weight is 364 g/mol. The summed E-state index contributed by atoms with van der Waals surface area (Å²) in [5.74, 6) is -0.325. The number of carbonyl (C=O) groups is 2. The molecule has 0 aliphatic rings. The fourth-order valence-electron chi connectivity index (χ4n) is 2.71. The number of hydrogen-bond acceptors (Lipinski definition) is 3. The number of aryl methyl sites for hydroxylation is 1. The second-order valence-electron chi connectivity index (χ2n) is 5.97. The number of rotatable bonds is 5. The first-order valence-corrected chi connectivity index (χ1v) is 9.19. The van der Waals surface area contributed by atoms with Crippen LogP contribution in [0, 0.1) is 6.92 Å². The quantitative estimate of drug-likeness (QED) is 0.735. The second-order valence-corrected chi connectivity index (χ2v) is 6.92. The van der Waals surface area contributed by atoms with Crippen LogP contribution in [0.15, 0.2) is 66.0 Å². The van der Waals surface area contributed by atoms with Gasteiger partial charge in [-0.1, -0.05) is 42.5 Å². The molecule has 0 radical (unpaired) electrons. The molecule has 5 heteroatoms. The molecule has 132 valence electrons. The third kappa shape index (κ3) is 3.83. The summed E-state index contributed by atoms with van der Waals surface area (Å²) in [4.78, 5) is 27.5. The Morgan fingerprint density at radius 3 is 2.46 bits per heavy atom. The lowest BCUT2D eigenvalue weighted by Crippen LogP contribution is -2.30. The van der Waals surface area contributed by atoms with Crippen molar-refractivity contribution < 1.29 is 9.59 Å². The van der Waals surface area contributed by atoms with Crippen LogP contribution in [0.25, 0.3) is 0 Å². The van der Waals surface area contributed by atoms with E-state index in [0.29, 0.717) is 22.7 Å². The van der Waals surface area contributed by atoms with Crippen LogP contribution in [0.5, 0.6) is 0 Å². The number of amides is 2. The zero-order valence-corrected chi connectivity index (χ0v) is 15.5. The van der Waals surface area contributed by atoms with Crippen molar-refractivity contribution in [3.8, 4) is 0 Å². The van der Waals surface area contributed by atoms with E-state index >= 15 is 0 Å². The third-order valence-electron chi connectivity index (χ3n) is 4.25. The fraction of sp³-hybridized carbons (Fsp3) is 0.143. The molecule has 4 nitrogen and oxygen atoms in total. The normalized spacial score (nSPS) is 10.4. The Balaban J connectivity index is 1.79. The van der Waals surface area contributed by atoms with Crippen molar-refractivity contribution in [1.82, 2.24) is 5.32 Å². The molecule has 0 fully saturated rings. The molecule has 0 saturated heterocycles. The molecule has 1 heterocycles. The first-order chi connectivity index (χ1) is 12.6. The number of nitrogens with one attached hydrogen (secondary N) is 1. The van der Waals surface area contributed by atoms with E-state index in [1.807, 2.05) is 48.7 Å². The minimum atomic E-state index is -0.199. The highest BCUT2D eigenvalue weighted by Gasteiger charge is 2.20. The molecule has 0 atom stereocenters. The smallest absolute Gasteiger partial charge is 0.268 e. The first-order valence-electron chi connectivity index (χ1n) is 8.31. The lowest BCUT2D eigenvalue weighted by molar-refractivity contribution is 0.0951. The lowest BCUT2D eigenvalue weighted by atomic mass is 10.1. The molecule has 0 bridgehead atoms. The lowest BCUT2D eigenvalue weighted by Gasteiger charge is -2.20. The average Bonchev–Trinajstić information content (AvgIpc) is 3.20. The molecule has 2 aromatic carbocycles. The summed E-state index contributed by atoms with van der Waals surface area (Å²) in [6.45, 7) is 2.46. The van der Waals surface area contributed by atoms with Crippen molar-refractivity contribution in [2.24, 2.45) is 0 Å². The largest absolute Gasteiger partial charge is 0.348 e. The molecule has 0 aliphatic heterocycles. The van der Waals surface area contributed by atoms with Gasteiger partial charge in [-0.2, -0.15) is 0 Å². The van der Waals surface area contributed by atoms with Crippen LogP contribution in [0.1, 0.15) is 31.2 Å². The minimum Gasteiger partial charge on any atom is -0.348 e. The van der Waals surface area contributed by atoms with Gasteiger partial charge in [0.1, 0.15) is 0 Å². The predicted molar refractivity (Wildman–Crippen MR) is 106 cm³/mol. The summed E-state index contributed by atoms with van der Waals surface area (Å²) in [6.07, 6.45) is 0. The molecule has 0 aliphatic carbocycles. The molecule has 0 unspecified atom stereocenters. The summed E-state index contributed by atoms with van der Waals surface area (Å²) in [7, 11) is 1.69. The molecule has 3 rings (SSSR count). The first kappa shape index (κ1) is 17.9. The molecule has 1 N–H and O–H groups in total. The van der Waals surface area contributed by atoms with Gasteiger partial charge in [0.05, 0.1) is 16.1 Å². The van der Waals surface area contributed by atoms with Crippen molar-refractivity contribution in [3.63, 3.8) is 0 Å². The Kier molecular flexibility index (Phi) is 5.49. The number of hydrogen-bond donors (Lipinski definition) is 1. The number of thiophene rings is 1. The Morgan fingerprint density at radius 2 is 1.73 bits per heavy atom. The third-order valence-corrected chi connectivity index (χ3v) is 5.11. The van der Waals surface area contributed by atoms with Gasteiger partial charge in [0.15, 0.2) is 0 Å². The number of nitrogens with zero attached hydrogens (tertiary/aromatic N) is 1. The van der Waals surface area contributed by atoms with Crippen LogP contribution >= 0.6 is 11.3 Å². The van der Waals surface area contributed by atoms with Crippen molar-refractivity contribution in [2.45, 2.75) is 13.5 Å². The molecule has 0 spiro atoms. The summed E-state index contributed by atoms with van der Waals surface area (Å²) < 4.78 is 0. The van der Waals surface area contributed by atoms with E-state index in [2.05, 4.69) is 5.32 Å². The van der Waals surface area contributed by atoms with Crippen molar-refractivity contribution in [2.75, 3.05) is 11.9 Å². The summed E-state index contributed by atoms with van der Waals surface area (Å²) in [5, 5.41) is 4.81. The Bertz CT molecular complexity index is 919. The monoisotopic (exact) mass is 364 g/mol. The van der Waals surface area contributed by atoms with Gasteiger partial charge in [-0.3, -0.25) is 9.59 Å². The number of para-hydroxylation sites is 1. The van der Waals surface area contributed by atoms with Gasteiger partial charge in [0, 0.05) is 13.6 Å². The standard InChI is InChI=1S/C21H20N2O2S/c1-15-8-3-4-9-16(15)14-22-20(24)17-10-5-6-11-18(17)23(2)21(25)19-12-7-13-26-19/h3-13H,14H2,1-2H3,(H,22,24). The molecule has 0 saturated carbocycles. The highest BCUT2D eigenvalue weighted by atomic mass is 32.1. The van der Waals surface area contributed by atoms with E-state index in [1.165, 1.54) is 16.2 Å². The van der Waals surface area contributed by atoms with Gasteiger partial charge >= 0.3 is 0 Å². The van der Waals surface area contributed by atoms with Crippen molar-refractivity contribution in [1.29, 1.82) is 0 Å². The number of benzene rings is 2. The van der Waals surface area contributed by atoms with Crippen LogP contribution in [0.2, 0.25) is 0 Å². The number of carbonyl (C=O) groups excluding carboxylic acids is 2. The van der Waals surface area contributed by atoms with Crippen molar-refractivity contribution in [3.05, 3.63) is 87.6 Å². The minimum absolute atomic E-state index is 0.126. The maximum absolute atomic E-state index is 12.7. The number of anilines is 1. The predicted octanol–water partition coefficient (Wildman–Crippen LogP) is 4.26. The molecule has 1 aromatic heterocycles. The highest BCUT2D eigenvalue weighted by Crippen LogP contribution is 2.22. The SMILES string of the molecule is Cc1ccccc1CNC(=O)c1ccccc1N(C)C(=O)c1cccs1. The Morgan fingerprint density at radius 1 is 1.00 bits per heavy atom. The van der Waals surface area contributed by atoms with Crippen molar-refractivity contribution >= 4 is 28.8 Å². The van der Waals surface area contributed by atoms with Gasteiger partial charge in [0.2, 0.25) is 0 Å². The van der Waals surface area contributed by atoms with E-state index < -0.39 is 0 Å².